The standard InChI is InChI=1S/C16H17N5O4S/c1-9-3-4-11(5-13(9)18-8-26(24)25)20-15-14-10(2)12(16(22)23)6-21(14)19-7-17-15/h3-7,18H,8H2,1-2H3,(H,22,23)(H,24,25)(H,17,19,20). The first-order valence-electron chi connectivity index (χ1n) is 7.62. The molecule has 2 heterocycles. The summed E-state index contributed by atoms with van der Waals surface area (Å²) in [5.74, 6) is -0.648. The van der Waals surface area contributed by atoms with Crippen LogP contribution in [0.25, 0.3) is 5.52 Å². The first-order valence-corrected chi connectivity index (χ1v) is 8.89. The van der Waals surface area contributed by atoms with E-state index in [2.05, 4.69) is 20.7 Å². The van der Waals surface area contributed by atoms with E-state index in [-0.39, 0.29) is 11.4 Å². The fourth-order valence-electron chi connectivity index (χ4n) is 2.63. The lowest BCUT2D eigenvalue weighted by molar-refractivity contribution is 0.0696. The van der Waals surface area contributed by atoms with Gasteiger partial charge in [0.05, 0.1) is 5.56 Å². The number of aromatic carboxylic acids is 1. The van der Waals surface area contributed by atoms with Crippen molar-refractivity contribution < 1.29 is 18.7 Å². The number of anilines is 3. The number of hydrogen-bond acceptors (Lipinski definition) is 6. The Labute approximate surface area is 151 Å². The number of benzene rings is 1. The summed E-state index contributed by atoms with van der Waals surface area (Å²) < 4.78 is 21.3. The van der Waals surface area contributed by atoms with E-state index in [1.165, 1.54) is 17.0 Å². The quantitative estimate of drug-likeness (QED) is 0.483. The third-order valence-corrected chi connectivity index (χ3v) is 4.33. The van der Waals surface area contributed by atoms with Gasteiger partial charge in [-0.2, -0.15) is 5.10 Å². The number of carboxylic acids is 1. The van der Waals surface area contributed by atoms with E-state index in [4.69, 9.17) is 4.55 Å². The summed E-state index contributed by atoms with van der Waals surface area (Å²) in [6, 6.07) is 5.49. The Hall–Kier alpha value is -2.98. The van der Waals surface area contributed by atoms with Gasteiger partial charge in [0.1, 0.15) is 17.7 Å². The minimum Gasteiger partial charge on any atom is -0.478 e. The highest BCUT2D eigenvalue weighted by molar-refractivity contribution is 7.79. The van der Waals surface area contributed by atoms with Crippen LogP contribution in [0.1, 0.15) is 21.5 Å². The maximum atomic E-state index is 11.3. The zero-order chi connectivity index (χ0) is 18.8. The zero-order valence-electron chi connectivity index (χ0n) is 14.1. The summed E-state index contributed by atoms with van der Waals surface area (Å²) in [6.07, 6.45) is 2.78. The molecule has 0 aliphatic heterocycles. The van der Waals surface area contributed by atoms with Crippen molar-refractivity contribution in [3.63, 3.8) is 0 Å². The molecule has 3 aromatic rings. The van der Waals surface area contributed by atoms with Gasteiger partial charge >= 0.3 is 5.97 Å². The van der Waals surface area contributed by atoms with E-state index in [9.17, 15) is 14.1 Å². The number of carboxylic acid groups (broad SMARTS) is 1. The molecule has 9 nitrogen and oxygen atoms in total. The van der Waals surface area contributed by atoms with Gasteiger partial charge in [0.25, 0.3) is 0 Å². The van der Waals surface area contributed by atoms with Crippen LogP contribution in [0.2, 0.25) is 0 Å². The van der Waals surface area contributed by atoms with Gasteiger partial charge in [-0.05, 0) is 37.1 Å². The first kappa shape index (κ1) is 17.8. The summed E-state index contributed by atoms with van der Waals surface area (Å²) in [5, 5.41) is 19.4. The van der Waals surface area contributed by atoms with Crippen molar-refractivity contribution in [3.8, 4) is 0 Å². The highest BCUT2D eigenvalue weighted by atomic mass is 32.2. The minimum atomic E-state index is -1.95. The summed E-state index contributed by atoms with van der Waals surface area (Å²) in [4.78, 5) is 15.6. The highest BCUT2D eigenvalue weighted by Gasteiger charge is 2.17. The summed E-state index contributed by atoms with van der Waals surface area (Å²) in [5.41, 5.74) is 3.60. The molecule has 3 rings (SSSR count). The van der Waals surface area contributed by atoms with Gasteiger partial charge in [-0.3, -0.25) is 0 Å². The lowest BCUT2D eigenvalue weighted by Crippen LogP contribution is -2.08. The Morgan fingerprint density at radius 3 is 2.81 bits per heavy atom. The average molecular weight is 375 g/mol. The third-order valence-electron chi connectivity index (χ3n) is 3.94. The van der Waals surface area contributed by atoms with Gasteiger partial charge in [0, 0.05) is 17.6 Å². The molecule has 0 aliphatic rings. The van der Waals surface area contributed by atoms with Crippen molar-refractivity contribution in [3.05, 3.63) is 47.4 Å². The lowest BCUT2D eigenvalue weighted by atomic mass is 10.1. The topological polar surface area (TPSA) is 129 Å². The zero-order valence-corrected chi connectivity index (χ0v) is 14.9. The Balaban J connectivity index is 1.98. The largest absolute Gasteiger partial charge is 0.478 e. The van der Waals surface area contributed by atoms with Crippen molar-refractivity contribution >= 4 is 39.8 Å². The summed E-state index contributed by atoms with van der Waals surface area (Å²) >= 11 is -1.95. The molecule has 0 saturated carbocycles. The van der Waals surface area contributed by atoms with E-state index >= 15 is 0 Å². The average Bonchev–Trinajstić information content (AvgIpc) is 2.93. The number of aromatic nitrogens is 3. The Kier molecular flexibility index (Phi) is 4.87. The van der Waals surface area contributed by atoms with E-state index in [1.807, 2.05) is 19.1 Å². The molecular formula is C16H17N5O4S. The molecule has 0 bridgehead atoms. The normalized spacial score (nSPS) is 12.1. The van der Waals surface area contributed by atoms with Crippen LogP contribution < -0.4 is 10.6 Å². The second-order valence-electron chi connectivity index (χ2n) is 5.67. The summed E-state index contributed by atoms with van der Waals surface area (Å²) in [6.45, 7) is 3.58. The van der Waals surface area contributed by atoms with Gasteiger partial charge in [-0.1, -0.05) is 6.07 Å². The van der Waals surface area contributed by atoms with Crippen molar-refractivity contribution in [2.24, 2.45) is 0 Å². The van der Waals surface area contributed by atoms with Gasteiger partial charge in [0.2, 0.25) is 0 Å². The minimum absolute atomic E-state index is 0.0815. The molecule has 1 aromatic carbocycles. The van der Waals surface area contributed by atoms with Crippen LogP contribution in [-0.4, -0.2) is 40.3 Å². The number of nitrogens with one attached hydrogen (secondary N) is 2. The molecule has 4 N–H and O–H groups in total. The fourth-order valence-corrected chi connectivity index (χ4v) is 2.91. The van der Waals surface area contributed by atoms with Gasteiger partial charge < -0.3 is 20.3 Å². The second-order valence-corrected chi connectivity index (χ2v) is 6.60. The van der Waals surface area contributed by atoms with Crippen LogP contribution in [0.15, 0.2) is 30.7 Å². The molecule has 2 aromatic heterocycles. The van der Waals surface area contributed by atoms with Crippen LogP contribution in [0, 0.1) is 13.8 Å². The summed E-state index contributed by atoms with van der Waals surface area (Å²) in [7, 11) is 0. The number of hydrogen-bond donors (Lipinski definition) is 4. The number of aryl methyl sites for hydroxylation is 2. The van der Waals surface area contributed by atoms with Crippen LogP contribution >= 0.6 is 0 Å². The molecule has 0 spiro atoms. The number of carbonyl (C=O) groups is 1. The first-order chi connectivity index (χ1) is 12.4. The van der Waals surface area contributed by atoms with Gasteiger partial charge in [-0.25, -0.2) is 18.5 Å². The van der Waals surface area contributed by atoms with Crippen molar-refractivity contribution in [1.29, 1.82) is 0 Å². The Morgan fingerprint density at radius 2 is 2.12 bits per heavy atom. The SMILES string of the molecule is Cc1ccc(Nc2ncnn3cc(C(=O)O)c(C)c23)cc1NCS(=O)O. The molecule has 0 amide bonds. The predicted molar refractivity (Wildman–Crippen MR) is 98.4 cm³/mol. The molecule has 0 fully saturated rings. The Bertz CT molecular complexity index is 1020. The number of fused-ring (bicyclic) bond motifs is 1. The fraction of sp³-hybridized carbons (Fsp3) is 0.188. The molecule has 1 atom stereocenters. The Morgan fingerprint density at radius 1 is 1.35 bits per heavy atom. The molecule has 0 radical (unpaired) electrons. The smallest absolute Gasteiger partial charge is 0.337 e. The monoisotopic (exact) mass is 375 g/mol. The van der Waals surface area contributed by atoms with Crippen LogP contribution in [0.3, 0.4) is 0 Å². The lowest BCUT2D eigenvalue weighted by Gasteiger charge is -2.12. The van der Waals surface area contributed by atoms with Gasteiger partial charge in [0.15, 0.2) is 16.9 Å². The molecule has 1 unspecified atom stereocenters. The second kappa shape index (κ2) is 7.10. The maximum absolute atomic E-state index is 11.3. The highest BCUT2D eigenvalue weighted by Crippen LogP contribution is 2.27. The molecule has 0 saturated heterocycles. The van der Waals surface area contributed by atoms with Crippen molar-refractivity contribution in [2.75, 3.05) is 16.5 Å². The van der Waals surface area contributed by atoms with Gasteiger partial charge in [-0.15, -0.1) is 0 Å². The molecule has 26 heavy (non-hydrogen) atoms. The third kappa shape index (κ3) is 3.51. The number of nitrogens with zero attached hydrogens (tertiary/aromatic N) is 3. The van der Waals surface area contributed by atoms with Crippen molar-refractivity contribution in [2.45, 2.75) is 13.8 Å². The van der Waals surface area contributed by atoms with Crippen LogP contribution in [0.4, 0.5) is 17.2 Å². The van der Waals surface area contributed by atoms with Crippen LogP contribution in [-0.2, 0) is 11.1 Å². The van der Waals surface area contributed by atoms with E-state index < -0.39 is 17.0 Å². The maximum Gasteiger partial charge on any atom is 0.337 e. The van der Waals surface area contributed by atoms with E-state index in [1.54, 1.807) is 13.0 Å². The molecule has 136 valence electrons. The van der Waals surface area contributed by atoms with Crippen LogP contribution in [0.5, 0.6) is 0 Å². The van der Waals surface area contributed by atoms with E-state index in [0.717, 1.165) is 5.56 Å². The van der Waals surface area contributed by atoms with Crippen molar-refractivity contribution in [1.82, 2.24) is 14.6 Å². The number of rotatable bonds is 6. The van der Waals surface area contributed by atoms with E-state index in [0.29, 0.717) is 28.3 Å². The molecule has 10 heteroatoms. The molecule has 0 aliphatic carbocycles. The predicted octanol–water partition coefficient (Wildman–Crippen LogP) is 2.38. The molecular weight excluding hydrogens is 358 g/mol.